The summed E-state index contributed by atoms with van der Waals surface area (Å²) in [5.74, 6) is 0.0904. The van der Waals surface area contributed by atoms with Gasteiger partial charge in [-0.05, 0) is 81.1 Å². The summed E-state index contributed by atoms with van der Waals surface area (Å²) >= 11 is 1.49. The number of nitrogens with one attached hydrogen (secondary N) is 1. The van der Waals surface area contributed by atoms with Crippen LogP contribution in [0.5, 0.6) is 11.5 Å². The van der Waals surface area contributed by atoms with Crippen LogP contribution in [0.4, 0.5) is 5.69 Å². The van der Waals surface area contributed by atoms with Gasteiger partial charge in [0, 0.05) is 18.0 Å². The second-order valence-corrected chi connectivity index (χ2v) is 11.8. The molecule has 1 unspecified atom stereocenters. The van der Waals surface area contributed by atoms with Crippen LogP contribution in [-0.2, 0) is 26.2 Å². The standard InChI is InChI=1S/C30H37N3O6S2/c1-6-31-30(35)22(3)32(20-23-12-14-24(38-4)15-13-23)29(34)21-33(27-10-8-9-11-28(27)39-7-2)41(36,37)26-18-16-25(40-5)17-19-26/h8-19,22H,6-7,20-21H2,1-5H3,(H,31,35). The molecule has 41 heavy (non-hydrogen) atoms. The Labute approximate surface area is 246 Å². The highest BCUT2D eigenvalue weighted by Gasteiger charge is 2.33. The number of anilines is 1. The van der Waals surface area contributed by atoms with Gasteiger partial charge in [-0.15, -0.1) is 11.8 Å². The summed E-state index contributed by atoms with van der Waals surface area (Å²) in [7, 11) is -2.65. The molecule has 0 saturated carbocycles. The minimum atomic E-state index is -4.21. The van der Waals surface area contributed by atoms with Gasteiger partial charge < -0.3 is 19.7 Å². The lowest BCUT2D eigenvalue weighted by Crippen LogP contribution is -2.51. The minimum Gasteiger partial charge on any atom is -0.497 e. The molecule has 0 bridgehead atoms. The van der Waals surface area contributed by atoms with E-state index in [1.165, 1.54) is 28.8 Å². The number of hydrogen-bond donors (Lipinski definition) is 1. The molecule has 0 spiro atoms. The molecule has 220 valence electrons. The molecule has 9 nitrogen and oxygen atoms in total. The number of amides is 2. The Kier molecular flexibility index (Phi) is 11.5. The first-order valence-electron chi connectivity index (χ1n) is 13.2. The van der Waals surface area contributed by atoms with Crippen molar-refractivity contribution in [3.63, 3.8) is 0 Å². The zero-order valence-electron chi connectivity index (χ0n) is 24.0. The normalized spacial score (nSPS) is 11.8. The Morgan fingerprint density at radius 1 is 0.976 bits per heavy atom. The third kappa shape index (κ3) is 7.95. The molecular weight excluding hydrogens is 562 g/mol. The van der Waals surface area contributed by atoms with Crippen LogP contribution >= 0.6 is 11.8 Å². The maximum absolute atomic E-state index is 14.1. The maximum atomic E-state index is 14.1. The monoisotopic (exact) mass is 599 g/mol. The highest BCUT2D eigenvalue weighted by Crippen LogP contribution is 2.33. The molecule has 1 N–H and O–H groups in total. The van der Waals surface area contributed by atoms with E-state index < -0.39 is 28.5 Å². The first-order valence-corrected chi connectivity index (χ1v) is 15.9. The lowest BCUT2D eigenvalue weighted by atomic mass is 10.1. The second-order valence-electron chi connectivity index (χ2n) is 9.03. The van der Waals surface area contributed by atoms with Crippen LogP contribution < -0.4 is 19.1 Å². The van der Waals surface area contributed by atoms with Crippen molar-refractivity contribution < 1.29 is 27.5 Å². The summed E-state index contributed by atoms with van der Waals surface area (Å²) in [4.78, 5) is 29.2. The van der Waals surface area contributed by atoms with Crippen molar-refractivity contribution in [3.8, 4) is 11.5 Å². The Hall–Kier alpha value is -3.70. The molecule has 0 aromatic heterocycles. The van der Waals surface area contributed by atoms with E-state index in [2.05, 4.69) is 5.32 Å². The fourth-order valence-corrected chi connectivity index (χ4v) is 5.99. The Morgan fingerprint density at radius 2 is 1.63 bits per heavy atom. The highest BCUT2D eigenvalue weighted by atomic mass is 32.2. The van der Waals surface area contributed by atoms with Gasteiger partial charge in [0.05, 0.1) is 24.3 Å². The van der Waals surface area contributed by atoms with Crippen LogP contribution in [0, 0.1) is 0 Å². The highest BCUT2D eigenvalue weighted by molar-refractivity contribution is 7.98. The lowest BCUT2D eigenvalue weighted by Gasteiger charge is -2.32. The van der Waals surface area contributed by atoms with E-state index in [1.807, 2.05) is 6.26 Å². The van der Waals surface area contributed by atoms with Gasteiger partial charge in [0.15, 0.2) is 0 Å². The molecule has 0 aliphatic rings. The predicted molar refractivity (Wildman–Crippen MR) is 162 cm³/mol. The van der Waals surface area contributed by atoms with Crippen LogP contribution in [-0.4, -0.2) is 64.2 Å². The minimum absolute atomic E-state index is 0.0351. The average molecular weight is 600 g/mol. The van der Waals surface area contributed by atoms with E-state index in [-0.39, 0.29) is 23.0 Å². The van der Waals surface area contributed by atoms with Gasteiger partial charge in [-0.1, -0.05) is 24.3 Å². The van der Waals surface area contributed by atoms with Gasteiger partial charge in [-0.25, -0.2) is 8.42 Å². The van der Waals surface area contributed by atoms with E-state index in [0.717, 1.165) is 14.8 Å². The molecule has 0 aliphatic carbocycles. The van der Waals surface area contributed by atoms with Crippen LogP contribution in [0.15, 0.2) is 82.6 Å². The van der Waals surface area contributed by atoms with E-state index in [1.54, 1.807) is 88.5 Å². The fourth-order valence-electron chi connectivity index (χ4n) is 4.16. The van der Waals surface area contributed by atoms with Gasteiger partial charge in [0.1, 0.15) is 24.1 Å². The van der Waals surface area contributed by atoms with E-state index >= 15 is 0 Å². The fraction of sp³-hybridized carbons (Fsp3) is 0.333. The Bertz CT molecular complexity index is 1410. The van der Waals surface area contributed by atoms with Crippen molar-refractivity contribution in [2.75, 3.05) is 37.4 Å². The number of carbonyl (C=O) groups excluding carboxylic acids is 2. The van der Waals surface area contributed by atoms with Crippen molar-refractivity contribution in [2.45, 2.75) is 43.1 Å². The number of sulfonamides is 1. The smallest absolute Gasteiger partial charge is 0.264 e. The molecule has 0 fully saturated rings. The number of rotatable bonds is 14. The summed E-state index contributed by atoms with van der Waals surface area (Å²) in [6, 6.07) is 19.5. The summed E-state index contributed by atoms with van der Waals surface area (Å²) < 4.78 is 40.2. The molecule has 1 atom stereocenters. The molecule has 0 saturated heterocycles. The summed E-state index contributed by atoms with van der Waals surface area (Å²) in [5.41, 5.74) is 0.985. The molecular formula is C30H37N3O6S2. The van der Waals surface area contributed by atoms with Crippen molar-refractivity contribution in [1.29, 1.82) is 0 Å². The number of thioether (sulfide) groups is 1. The molecule has 2 amide bonds. The number of carbonyl (C=O) groups is 2. The molecule has 3 aromatic carbocycles. The van der Waals surface area contributed by atoms with Crippen molar-refractivity contribution in [3.05, 3.63) is 78.4 Å². The third-order valence-corrected chi connectivity index (χ3v) is 8.91. The van der Waals surface area contributed by atoms with Crippen molar-refractivity contribution >= 4 is 39.3 Å². The van der Waals surface area contributed by atoms with E-state index in [4.69, 9.17) is 9.47 Å². The number of nitrogens with zero attached hydrogens (tertiary/aromatic N) is 2. The lowest BCUT2D eigenvalue weighted by molar-refractivity contribution is -0.139. The zero-order valence-corrected chi connectivity index (χ0v) is 25.6. The van der Waals surface area contributed by atoms with E-state index in [0.29, 0.717) is 24.7 Å². The largest absolute Gasteiger partial charge is 0.497 e. The summed E-state index contributed by atoms with van der Waals surface area (Å²) in [6.45, 7) is 5.46. The third-order valence-electron chi connectivity index (χ3n) is 6.39. The Balaban J connectivity index is 2.07. The first kappa shape index (κ1) is 31.8. The number of benzene rings is 3. The predicted octanol–water partition coefficient (Wildman–Crippen LogP) is 4.56. The molecule has 3 aromatic rings. The van der Waals surface area contributed by atoms with Crippen molar-refractivity contribution in [1.82, 2.24) is 10.2 Å². The van der Waals surface area contributed by atoms with Crippen LogP contribution in [0.1, 0.15) is 26.3 Å². The van der Waals surface area contributed by atoms with Gasteiger partial charge in [0.25, 0.3) is 10.0 Å². The van der Waals surface area contributed by atoms with Crippen molar-refractivity contribution in [2.24, 2.45) is 0 Å². The number of methoxy groups -OCH3 is 1. The average Bonchev–Trinajstić information content (AvgIpc) is 2.99. The van der Waals surface area contributed by atoms with Gasteiger partial charge in [-0.2, -0.15) is 0 Å². The van der Waals surface area contributed by atoms with Gasteiger partial charge in [-0.3, -0.25) is 13.9 Å². The topological polar surface area (TPSA) is 105 Å². The Morgan fingerprint density at radius 3 is 2.22 bits per heavy atom. The van der Waals surface area contributed by atoms with Crippen LogP contribution in [0.3, 0.4) is 0 Å². The second kappa shape index (κ2) is 14.8. The quantitative estimate of drug-likeness (QED) is 0.271. The molecule has 3 rings (SSSR count). The molecule has 0 heterocycles. The molecule has 0 radical (unpaired) electrons. The van der Waals surface area contributed by atoms with Crippen LogP contribution in [0.2, 0.25) is 0 Å². The number of hydrogen-bond acceptors (Lipinski definition) is 7. The number of likely N-dealkylation sites (N-methyl/N-ethyl adjacent to an activating group) is 1. The zero-order chi connectivity index (χ0) is 30.0. The summed E-state index contributed by atoms with van der Waals surface area (Å²) in [6.07, 6.45) is 1.90. The molecule has 0 aliphatic heterocycles. The summed E-state index contributed by atoms with van der Waals surface area (Å²) in [5, 5.41) is 2.76. The SMILES string of the molecule is CCNC(=O)C(C)N(Cc1ccc(OC)cc1)C(=O)CN(c1ccccc1OCC)S(=O)(=O)c1ccc(SC)cc1. The molecule has 11 heteroatoms. The van der Waals surface area contributed by atoms with Gasteiger partial charge in [0.2, 0.25) is 11.8 Å². The maximum Gasteiger partial charge on any atom is 0.264 e. The van der Waals surface area contributed by atoms with Crippen LogP contribution in [0.25, 0.3) is 0 Å². The van der Waals surface area contributed by atoms with E-state index in [9.17, 15) is 18.0 Å². The van der Waals surface area contributed by atoms with Gasteiger partial charge >= 0.3 is 0 Å². The number of ether oxygens (including phenoxy) is 2. The first-order chi connectivity index (χ1) is 19.7. The number of para-hydroxylation sites is 2.